The molecule has 0 aliphatic rings. The number of rotatable bonds is 9. The van der Waals surface area contributed by atoms with Crippen molar-refractivity contribution >= 4 is 38.7 Å². The van der Waals surface area contributed by atoms with E-state index in [1.54, 1.807) is 17.4 Å². The van der Waals surface area contributed by atoms with Crippen LogP contribution in [0.5, 0.6) is 0 Å². The van der Waals surface area contributed by atoms with Crippen molar-refractivity contribution in [1.82, 2.24) is 30.5 Å². The molecule has 6 nitrogen and oxygen atoms in total. The average molecular weight is 541 g/mol. The Morgan fingerprint density at radius 1 is 1.02 bits per heavy atom. The summed E-state index contributed by atoms with van der Waals surface area (Å²) in [6.07, 6.45) is 10.3. The first-order valence-corrected chi connectivity index (χ1v) is 13.9. The van der Waals surface area contributed by atoms with Crippen molar-refractivity contribution in [3.63, 3.8) is 0 Å². The molecule has 1 aromatic carbocycles. The monoisotopic (exact) mass is 540 g/mol. The molecule has 3 N–H and O–H groups in total. The highest BCUT2D eigenvalue weighted by Gasteiger charge is 2.16. The van der Waals surface area contributed by atoms with Gasteiger partial charge >= 0.3 is 0 Å². The normalized spacial score (nSPS) is 12.2. The maximum atomic E-state index is 4.72. The van der Waals surface area contributed by atoms with Crippen molar-refractivity contribution in [3.8, 4) is 22.6 Å². The number of hydrogen-bond acceptors (Lipinski definition) is 5. The second-order valence-electron chi connectivity index (χ2n) is 9.44. The summed E-state index contributed by atoms with van der Waals surface area (Å²) in [5.74, 6) is 0. The smallest absolute Gasteiger partial charge is 0.116 e. The molecular formula is C33H28N6S. The Kier molecular flexibility index (Phi) is 6.95. The predicted octanol–water partition coefficient (Wildman–Crippen LogP) is 8.05. The number of pyridine rings is 2. The Balaban J connectivity index is 1.32. The maximum absolute atomic E-state index is 4.72. The number of fused-ring (bicyclic) bond motifs is 2. The third-order valence-electron chi connectivity index (χ3n) is 6.76. The van der Waals surface area contributed by atoms with Gasteiger partial charge in [0.15, 0.2) is 0 Å². The summed E-state index contributed by atoms with van der Waals surface area (Å²) in [5.41, 5.74) is 10.5. The molecule has 0 amide bonds. The topological polar surface area (TPSA) is 82.3 Å². The first-order valence-electron chi connectivity index (χ1n) is 13.0. The van der Waals surface area contributed by atoms with Crippen molar-refractivity contribution < 1.29 is 0 Å². The number of hydrogen-bond donors (Lipinski definition) is 3. The molecule has 0 aliphatic heterocycles. The number of aromatic nitrogens is 5. The number of allylic oxidation sites excluding steroid dienone is 5. The fourth-order valence-electron chi connectivity index (χ4n) is 4.80. The summed E-state index contributed by atoms with van der Waals surface area (Å²) >= 11 is 1.66. The quantitative estimate of drug-likeness (QED) is 0.162. The van der Waals surface area contributed by atoms with E-state index < -0.39 is 0 Å². The van der Waals surface area contributed by atoms with Crippen molar-refractivity contribution in [2.24, 2.45) is 0 Å². The van der Waals surface area contributed by atoms with Crippen LogP contribution in [0.25, 0.3) is 50.0 Å². The zero-order valence-corrected chi connectivity index (χ0v) is 22.9. The van der Waals surface area contributed by atoms with E-state index in [9.17, 15) is 0 Å². The van der Waals surface area contributed by atoms with Crippen LogP contribution in [0.3, 0.4) is 0 Å². The minimum absolute atomic E-state index is 0.730. The largest absolute Gasteiger partial charge is 0.359 e. The molecule has 7 heteroatoms. The fourth-order valence-corrected chi connectivity index (χ4v) is 5.44. The standard InChI is InChI=1S/C33H28N6S/c1-4-23(16-25(5-2)36-21(3)15-22-9-7-6-8-10-22)29-17-27-31(19-35-29)38-39-33(27)30-18-26-28(37-30)11-13-34-32(26)24-12-14-40-20-24/h4-14,16-20,36-37H,2-3,15H2,1H3,(H,38,39)/b23-4+,25-16+. The Morgan fingerprint density at radius 3 is 2.65 bits per heavy atom. The number of thiophene rings is 1. The van der Waals surface area contributed by atoms with E-state index in [4.69, 9.17) is 4.98 Å². The predicted molar refractivity (Wildman–Crippen MR) is 167 cm³/mol. The second-order valence-corrected chi connectivity index (χ2v) is 10.2. The number of benzene rings is 1. The molecule has 0 saturated carbocycles. The molecule has 5 aromatic heterocycles. The zero-order chi connectivity index (χ0) is 27.5. The van der Waals surface area contributed by atoms with E-state index >= 15 is 0 Å². The van der Waals surface area contributed by atoms with Gasteiger partial charge in [0, 0.05) is 51.2 Å². The van der Waals surface area contributed by atoms with Gasteiger partial charge in [0.1, 0.15) is 5.69 Å². The van der Waals surface area contributed by atoms with Gasteiger partial charge in [0.05, 0.1) is 28.8 Å². The molecule has 0 saturated heterocycles. The molecule has 6 aromatic rings. The van der Waals surface area contributed by atoms with Crippen LogP contribution < -0.4 is 5.32 Å². The summed E-state index contributed by atoms with van der Waals surface area (Å²) in [4.78, 5) is 12.9. The lowest BCUT2D eigenvalue weighted by atomic mass is 10.1. The van der Waals surface area contributed by atoms with Crippen molar-refractivity contribution in [1.29, 1.82) is 0 Å². The van der Waals surface area contributed by atoms with E-state index in [1.807, 2.05) is 55.7 Å². The van der Waals surface area contributed by atoms with Crippen molar-refractivity contribution in [2.45, 2.75) is 13.3 Å². The van der Waals surface area contributed by atoms with Gasteiger partial charge in [0.25, 0.3) is 0 Å². The highest BCUT2D eigenvalue weighted by molar-refractivity contribution is 7.08. The van der Waals surface area contributed by atoms with Crippen LogP contribution >= 0.6 is 11.3 Å². The highest BCUT2D eigenvalue weighted by Crippen LogP contribution is 2.34. The van der Waals surface area contributed by atoms with Crippen LogP contribution in [0, 0.1) is 0 Å². The van der Waals surface area contributed by atoms with E-state index in [0.29, 0.717) is 0 Å². The van der Waals surface area contributed by atoms with Crippen LogP contribution in [-0.2, 0) is 6.42 Å². The summed E-state index contributed by atoms with van der Waals surface area (Å²) in [5, 5.41) is 17.4. The third kappa shape index (κ3) is 5.02. The van der Waals surface area contributed by atoms with Crippen LogP contribution in [0.4, 0.5) is 0 Å². The van der Waals surface area contributed by atoms with Crippen LogP contribution in [0.15, 0.2) is 121 Å². The molecule has 0 bridgehead atoms. The third-order valence-corrected chi connectivity index (χ3v) is 7.45. The van der Waals surface area contributed by atoms with Gasteiger partial charge < -0.3 is 10.3 Å². The van der Waals surface area contributed by atoms with Gasteiger partial charge in [0.2, 0.25) is 0 Å². The summed E-state index contributed by atoms with van der Waals surface area (Å²) in [6.45, 7) is 10.2. The molecule has 0 spiro atoms. The minimum atomic E-state index is 0.730. The Bertz CT molecular complexity index is 1890. The first-order chi connectivity index (χ1) is 19.6. The van der Waals surface area contributed by atoms with Crippen LogP contribution in [0.1, 0.15) is 18.2 Å². The molecule has 0 unspecified atom stereocenters. The van der Waals surface area contributed by atoms with Crippen LogP contribution in [-0.4, -0.2) is 25.1 Å². The Hall–Kier alpha value is -5.01. The molecule has 196 valence electrons. The fraction of sp³-hybridized carbons (Fsp3) is 0.0606. The average Bonchev–Trinajstić information content (AvgIpc) is 3.74. The van der Waals surface area contributed by atoms with Gasteiger partial charge in [-0.1, -0.05) is 49.6 Å². The van der Waals surface area contributed by atoms with E-state index in [1.165, 1.54) is 5.56 Å². The van der Waals surface area contributed by atoms with Crippen molar-refractivity contribution in [2.75, 3.05) is 0 Å². The van der Waals surface area contributed by atoms with E-state index in [0.717, 1.165) is 73.5 Å². The van der Waals surface area contributed by atoms with Gasteiger partial charge in [-0.2, -0.15) is 16.4 Å². The molecule has 0 atom stereocenters. The lowest BCUT2D eigenvalue weighted by Crippen LogP contribution is -2.12. The molecular weight excluding hydrogens is 512 g/mol. The number of aromatic amines is 2. The summed E-state index contributed by atoms with van der Waals surface area (Å²) < 4.78 is 0. The lowest BCUT2D eigenvalue weighted by Gasteiger charge is -2.12. The van der Waals surface area contributed by atoms with Gasteiger partial charge in [-0.15, -0.1) is 0 Å². The SMILES string of the molecule is C=C/C(=C\C(=C/C)c1cc2c(-c3cc4c(-c5ccsc5)nccc4[nH]3)n[nH]c2cn1)NC(=C)Cc1ccccc1. The molecule has 0 fully saturated rings. The number of H-pyrrole nitrogens is 2. The summed E-state index contributed by atoms with van der Waals surface area (Å²) in [6, 6.07) is 18.6. The van der Waals surface area contributed by atoms with Gasteiger partial charge in [-0.3, -0.25) is 15.1 Å². The maximum Gasteiger partial charge on any atom is 0.116 e. The number of nitrogens with one attached hydrogen (secondary N) is 3. The molecule has 6 rings (SSSR count). The highest BCUT2D eigenvalue weighted by atomic mass is 32.1. The zero-order valence-electron chi connectivity index (χ0n) is 22.1. The Morgan fingerprint density at radius 2 is 1.88 bits per heavy atom. The lowest BCUT2D eigenvalue weighted by molar-refractivity contribution is 0.941. The molecule has 5 heterocycles. The second kappa shape index (κ2) is 11.0. The van der Waals surface area contributed by atoms with E-state index in [2.05, 4.69) is 79.7 Å². The number of nitrogens with zero attached hydrogens (tertiary/aromatic N) is 3. The van der Waals surface area contributed by atoms with Gasteiger partial charge in [-0.25, -0.2) is 0 Å². The van der Waals surface area contributed by atoms with Crippen molar-refractivity contribution in [3.05, 3.63) is 132 Å². The summed E-state index contributed by atoms with van der Waals surface area (Å²) in [7, 11) is 0. The van der Waals surface area contributed by atoms with Crippen LogP contribution in [0.2, 0.25) is 0 Å². The molecule has 0 radical (unpaired) electrons. The molecule has 40 heavy (non-hydrogen) atoms. The Labute approximate surface area is 236 Å². The minimum Gasteiger partial charge on any atom is -0.359 e. The van der Waals surface area contributed by atoms with E-state index in [-0.39, 0.29) is 0 Å². The molecule has 0 aliphatic carbocycles. The van der Waals surface area contributed by atoms with Gasteiger partial charge in [-0.05, 0) is 59.9 Å². The first kappa shape index (κ1) is 25.3.